The SMILES string of the molecule is CCN1CCC(NCC(CC(C)C)N(C)C)CC1. The van der Waals surface area contributed by atoms with E-state index >= 15 is 0 Å². The fourth-order valence-corrected chi connectivity index (χ4v) is 2.78. The molecule has 0 aromatic carbocycles. The van der Waals surface area contributed by atoms with Gasteiger partial charge in [-0.05, 0) is 58.9 Å². The van der Waals surface area contributed by atoms with Crippen LogP contribution in [0.3, 0.4) is 0 Å². The lowest BCUT2D eigenvalue weighted by Gasteiger charge is -2.34. The van der Waals surface area contributed by atoms with Gasteiger partial charge in [-0.3, -0.25) is 0 Å². The second kappa shape index (κ2) is 8.13. The predicted octanol–water partition coefficient (Wildman–Crippen LogP) is 2.04. The summed E-state index contributed by atoms with van der Waals surface area (Å²) in [6.45, 7) is 11.8. The molecular formula is C15H33N3. The Balaban J connectivity index is 2.26. The number of rotatable bonds is 7. The van der Waals surface area contributed by atoms with Crippen LogP contribution < -0.4 is 5.32 Å². The minimum absolute atomic E-state index is 0.675. The largest absolute Gasteiger partial charge is 0.312 e. The molecule has 0 bridgehead atoms. The zero-order valence-corrected chi connectivity index (χ0v) is 13.1. The minimum Gasteiger partial charge on any atom is -0.312 e. The van der Waals surface area contributed by atoms with Crippen molar-refractivity contribution in [3.05, 3.63) is 0 Å². The highest BCUT2D eigenvalue weighted by molar-refractivity contribution is 4.79. The average Bonchev–Trinajstić information content (AvgIpc) is 2.34. The molecule has 0 aliphatic carbocycles. The van der Waals surface area contributed by atoms with Gasteiger partial charge in [-0.15, -0.1) is 0 Å². The van der Waals surface area contributed by atoms with Crippen LogP contribution in [-0.4, -0.2) is 62.2 Å². The first kappa shape index (κ1) is 15.9. The number of nitrogens with zero attached hydrogens (tertiary/aromatic N) is 2. The predicted molar refractivity (Wildman–Crippen MR) is 80.1 cm³/mol. The number of likely N-dealkylation sites (tertiary alicyclic amines) is 1. The zero-order valence-electron chi connectivity index (χ0n) is 13.1. The van der Waals surface area contributed by atoms with E-state index in [1.807, 2.05) is 0 Å². The molecule has 1 rings (SSSR count). The Morgan fingerprint density at radius 3 is 2.28 bits per heavy atom. The third-order valence-corrected chi connectivity index (χ3v) is 4.15. The third-order valence-electron chi connectivity index (χ3n) is 4.15. The summed E-state index contributed by atoms with van der Waals surface area (Å²) >= 11 is 0. The highest BCUT2D eigenvalue weighted by Gasteiger charge is 2.20. The van der Waals surface area contributed by atoms with Crippen LogP contribution in [0.25, 0.3) is 0 Å². The van der Waals surface area contributed by atoms with Gasteiger partial charge in [0.2, 0.25) is 0 Å². The molecule has 1 unspecified atom stereocenters. The zero-order chi connectivity index (χ0) is 13.5. The number of hydrogen-bond acceptors (Lipinski definition) is 3. The summed E-state index contributed by atoms with van der Waals surface area (Å²) < 4.78 is 0. The molecule has 0 spiro atoms. The molecular weight excluding hydrogens is 222 g/mol. The van der Waals surface area contributed by atoms with Gasteiger partial charge in [-0.2, -0.15) is 0 Å². The highest BCUT2D eigenvalue weighted by Crippen LogP contribution is 2.12. The van der Waals surface area contributed by atoms with Crippen LogP contribution in [0, 0.1) is 5.92 Å². The van der Waals surface area contributed by atoms with Crippen LogP contribution >= 0.6 is 0 Å². The Morgan fingerprint density at radius 1 is 1.22 bits per heavy atom. The first-order valence-corrected chi connectivity index (χ1v) is 7.65. The number of nitrogens with one attached hydrogen (secondary N) is 1. The van der Waals surface area contributed by atoms with E-state index in [9.17, 15) is 0 Å². The molecule has 3 nitrogen and oxygen atoms in total. The quantitative estimate of drug-likeness (QED) is 0.751. The fraction of sp³-hybridized carbons (Fsp3) is 1.00. The molecule has 1 aliphatic rings. The van der Waals surface area contributed by atoms with Crippen molar-refractivity contribution in [3.8, 4) is 0 Å². The van der Waals surface area contributed by atoms with Gasteiger partial charge in [0.15, 0.2) is 0 Å². The lowest BCUT2D eigenvalue weighted by atomic mass is 10.0. The van der Waals surface area contributed by atoms with Crippen molar-refractivity contribution in [2.24, 2.45) is 5.92 Å². The molecule has 18 heavy (non-hydrogen) atoms. The Kier molecular flexibility index (Phi) is 7.20. The van der Waals surface area contributed by atoms with Crippen LogP contribution in [-0.2, 0) is 0 Å². The van der Waals surface area contributed by atoms with E-state index in [-0.39, 0.29) is 0 Å². The Hall–Kier alpha value is -0.120. The Morgan fingerprint density at radius 2 is 1.83 bits per heavy atom. The maximum atomic E-state index is 3.78. The molecule has 1 N–H and O–H groups in total. The normalized spacial score (nSPS) is 20.8. The van der Waals surface area contributed by atoms with Crippen LogP contribution in [0.2, 0.25) is 0 Å². The molecule has 1 atom stereocenters. The van der Waals surface area contributed by atoms with Crippen LogP contribution in [0.4, 0.5) is 0 Å². The number of piperidine rings is 1. The van der Waals surface area contributed by atoms with Gasteiger partial charge in [-0.25, -0.2) is 0 Å². The molecule has 0 amide bonds. The second-order valence-electron chi connectivity index (χ2n) is 6.36. The summed E-state index contributed by atoms with van der Waals surface area (Å²) in [4.78, 5) is 4.92. The van der Waals surface area contributed by atoms with Gasteiger partial charge in [-0.1, -0.05) is 20.8 Å². The van der Waals surface area contributed by atoms with Gasteiger partial charge in [0.05, 0.1) is 0 Å². The van der Waals surface area contributed by atoms with E-state index in [1.165, 1.54) is 38.9 Å². The fourth-order valence-electron chi connectivity index (χ4n) is 2.78. The molecule has 1 aliphatic heterocycles. The minimum atomic E-state index is 0.675. The van der Waals surface area contributed by atoms with Gasteiger partial charge in [0.1, 0.15) is 0 Å². The topological polar surface area (TPSA) is 18.5 Å². The van der Waals surface area contributed by atoms with E-state index in [0.29, 0.717) is 6.04 Å². The first-order chi connectivity index (χ1) is 8.52. The van der Waals surface area contributed by atoms with E-state index < -0.39 is 0 Å². The summed E-state index contributed by atoms with van der Waals surface area (Å²) in [5, 5.41) is 3.78. The molecule has 0 aromatic rings. The van der Waals surface area contributed by atoms with Crippen LogP contribution in [0.1, 0.15) is 40.0 Å². The van der Waals surface area contributed by atoms with Gasteiger partial charge >= 0.3 is 0 Å². The molecule has 1 saturated heterocycles. The smallest absolute Gasteiger partial charge is 0.0217 e. The molecule has 108 valence electrons. The van der Waals surface area contributed by atoms with Gasteiger partial charge in [0, 0.05) is 18.6 Å². The maximum Gasteiger partial charge on any atom is 0.0217 e. The molecule has 0 saturated carbocycles. The van der Waals surface area contributed by atoms with E-state index in [1.54, 1.807) is 0 Å². The van der Waals surface area contributed by atoms with Crippen molar-refractivity contribution in [1.29, 1.82) is 0 Å². The van der Waals surface area contributed by atoms with Crippen LogP contribution in [0.15, 0.2) is 0 Å². The van der Waals surface area contributed by atoms with E-state index in [4.69, 9.17) is 0 Å². The molecule has 1 heterocycles. The molecule has 3 heteroatoms. The molecule has 0 radical (unpaired) electrons. The van der Waals surface area contributed by atoms with Crippen molar-refractivity contribution in [3.63, 3.8) is 0 Å². The second-order valence-corrected chi connectivity index (χ2v) is 6.36. The van der Waals surface area contributed by atoms with Gasteiger partial charge < -0.3 is 15.1 Å². The highest BCUT2D eigenvalue weighted by atomic mass is 15.2. The summed E-state index contributed by atoms with van der Waals surface area (Å²) in [5.41, 5.74) is 0. The summed E-state index contributed by atoms with van der Waals surface area (Å²) in [6.07, 6.45) is 3.92. The van der Waals surface area contributed by atoms with Crippen molar-refractivity contribution in [2.45, 2.75) is 52.1 Å². The van der Waals surface area contributed by atoms with E-state index in [2.05, 4.69) is 50.0 Å². The maximum absolute atomic E-state index is 3.78. The monoisotopic (exact) mass is 255 g/mol. The summed E-state index contributed by atoms with van der Waals surface area (Å²) in [6, 6.07) is 1.41. The number of likely N-dealkylation sites (N-methyl/N-ethyl adjacent to an activating group) is 1. The molecule has 0 aromatic heterocycles. The Labute approximate surface area is 114 Å². The van der Waals surface area contributed by atoms with E-state index in [0.717, 1.165) is 18.5 Å². The van der Waals surface area contributed by atoms with Crippen molar-refractivity contribution < 1.29 is 0 Å². The third kappa shape index (κ3) is 5.68. The van der Waals surface area contributed by atoms with Gasteiger partial charge in [0.25, 0.3) is 0 Å². The summed E-state index contributed by atoms with van der Waals surface area (Å²) in [7, 11) is 4.41. The lowest BCUT2D eigenvalue weighted by Crippen LogP contribution is -2.47. The number of hydrogen-bond donors (Lipinski definition) is 1. The van der Waals surface area contributed by atoms with Crippen molar-refractivity contribution in [1.82, 2.24) is 15.1 Å². The average molecular weight is 255 g/mol. The Bertz CT molecular complexity index is 208. The lowest BCUT2D eigenvalue weighted by molar-refractivity contribution is 0.189. The first-order valence-electron chi connectivity index (χ1n) is 7.65. The van der Waals surface area contributed by atoms with Crippen molar-refractivity contribution in [2.75, 3.05) is 40.3 Å². The molecule has 1 fully saturated rings. The standard InChI is InChI=1S/C15H33N3/c1-6-18-9-7-14(8-10-18)16-12-15(17(4)5)11-13(2)3/h13-16H,6-12H2,1-5H3. The van der Waals surface area contributed by atoms with Crippen LogP contribution in [0.5, 0.6) is 0 Å². The summed E-state index contributed by atoms with van der Waals surface area (Å²) in [5.74, 6) is 0.779. The van der Waals surface area contributed by atoms with Crippen molar-refractivity contribution >= 4 is 0 Å².